The van der Waals surface area contributed by atoms with E-state index in [2.05, 4.69) is 22.9 Å². The summed E-state index contributed by atoms with van der Waals surface area (Å²) in [5.74, 6) is 0.674. The zero-order valence-corrected chi connectivity index (χ0v) is 14.4. The average Bonchev–Trinajstić information content (AvgIpc) is 2.50. The van der Waals surface area contributed by atoms with Crippen molar-refractivity contribution in [3.63, 3.8) is 0 Å². The minimum Gasteiger partial charge on any atom is -0.325 e. The molecule has 1 aliphatic heterocycles. The third kappa shape index (κ3) is 5.52. The Labute approximate surface area is 142 Å². The van der Waals surface area contributed by atoms with Crippen LogP contribution in [0.4, 0.5) is 11.4 Å². The van der Waals surface area contributed by atoms with Crippen molar-refractivity contribution in [2.45, 2.75) is 33.1 Å². The molecule has 2 amide bonds. The molecule has 1 atom stereocenters. The Morgan fingerprint density at radius 3 is 2.61 bits per heavy atom. The number of rotatable bonds is 5. The number of amides is 2. The molecule has 2 rings (SSSR count). The maximum Gasteiger partial charge on any atom is 0.224 e. The largest absolute Gasteiger partial charge is 0.325 e. The molecular weight excluding hydrogens is 314 g/mol. The Bertz CT molecular complexity index is 571. The topological polar surface area (TPSA) is 70.2 Å². The molecule has 23 heavy (non-hydrogen) atoms. The third-order valence-electron chi connectivity index (χ3n) is 4.26. The lowest BCUT2D eigenvalue weighted by molar-refractivity contribution is -0.117. The van der Waals surface area contributed by atoms with Crippen LogP contribution in [0.1, 0.15) is 33.1 Å². The second-order valence-electron chi connectivity index (χ2n) is 6.19. The lowest BCUT2D eigenvalue weighted by Crippen LogP contribution is -2.32. The SMILES string of the molecule is CC(=O)Nc1ccc(Cl)cc1NC(=O)CC(C)C1CCNCC1. The van der Waals surface area contributed by atoms with Crippen LogP contribution in [0.3, 0.4) is 0 Å². The van der Waals surface area contributed by atoms with Gasteiger partial charge in [-0.3, -0.25) is 9.59 Å². The number of nitrogens with one attached hydrogen (secondary N) is 3. The molecule has 126 valence electrons. The Morgan fingerprint density at radius 2 is 1.96 bits per heavy atom. The van der Waals surface area contributed by atoms with Crippen LogP contribution in [-0.4, -0.2) is 24.9 Å². The molecule has 0 radical (unpaired) electrons. The molecule has 6 heteroatoms. The zero-order valence-electron chi connectivity index (χ0n) is 13.6. The summed E-state index contributed by atoms with van der Waals surface area (Å²) in [5, 5.41) is 9.43. The van der Waals surface area contributed by atoms with Gasteiger partial charge < -0.3 is 16.0 Å². The van der Waals surface area contributed by atoms with Crippen molar-refractivity contribution in [2.75, 3.05) is 23.7 Å². The average molecular weight is 338 g/mol. The lowest BCUT2D eigenvalue weighted by atomic mass is 9.84. The minimum atomic E-state index is -0.189. The third-order valence-corrected chi connectivity index (χ3v) is 4.50. The highest BCUT2D eigenvalue weighted by Gasteiger charge is 2.22. The quantitative estimate of drug-likeness (QED) is 0.772. The van der Waals surface area contributed by atoms with E-state index in [0.717, 1.165) is 25.9 Å². The van der Waals surface area contributed by atoms with Gasteiger partial charge in [-0.15, -0.1) is 0 Å². The van der Waals surface area contributed by atoms with Crippen LogP contribution in [0.15, 0.2) is 18.2 Å². The van der Waals surface area contributed by atoms with Crippen LogP contribution in [0.5, 0.6) is 0 Å². The molecule has 3 N–H and O–H groups in total. The van der Waals surface area contributed by atoms with Gasteiger partial charge in [0.05, 0.1) is 11.4 Å². The molecule has 1 fully saturated rings. The maximum atomic E-state index is 12.3. The summed E-state index contributed by atoms with van der Waals surface area (Å²) in [5.41, 5.74) is 1.10. The van der Waals surface area contributed by atoms with E-state index >= 15 is 0 Å². The molecule has 1 unspecified atom stereocenters. The predicted octanol–water partition coefficient (Wildman–Crippen LogP) is 3.26. The zero-order chi connectivity index (χ0) is 16.8. The number of halogens is 1. The highest BCUT2D eigenvalue weighted by molar-refractivity contribution is 6.31. The first kappa shape index (κ1) is 17.8. The van der Waals surface area contributed by atoms with Crippen molar-refractivity contribution in [3.8, 4) is 0 Å². The van der Waals surface area contributed by atoms with Crippen LogP contribution in [0, 0.1) is 11.8 Å². The van der Waals surface area contributed by atoms with E-state index in [4.69, 9.17) is 11.6 Å². The van der Waals surface area contributed by atoms with E-state index in [1.807, 2.05) is 0 Å². The van der Waals surface area contributed by atoms with Crippen LogP contribution in [0.2, 0.25) is 5.02 Å². The minimum absolute atomic E-state index is 0.0510. The summed E-state index contributed by atoms with van der Waals surface area (Å²) in [6.07, 6.45) is 2.70. The first-order valence-electron chi connectivity index (χ1n) is 8.03. The van der Waals surface area contributed by atoms with Crippen molar-refractivity contribution in [2.24, 2.45) is 11.8 Å². The normalized spacial score (nSPS) is 16.7. The number of piperidine rings is 1. The first-order valence-corrected chi connectivity index (χ1v) is 8.41. The van der Waals surface area contributed by atoms with Crippen molar-refractivity contribution in [1.29, 1.82) is 0 Å². The first-order chi connectivity index (χ1) is 11.0. The van der Waals surface area contributed by atoms with Gasteiger partial charge in [0.2, 0.25) is 11.8 Å². The van der Waals surface area contributed by atoms with E-state index in [1.54, 1.807) is 18.2 Å². The predicted molar refractivity (Wildman–Crippen MR) is 93.8 cm³/mol. The Kier molecular flexibility index (Phi) is 6.42. The molecule has 1 aromatic carbocycles. The molecular formula is C17H24ClN3O2. The molecule has 1 aliphatic rings. The summed E-state index contributed by atoms with van der Waals surface area (Å²) in [6.45, 7) is 5.61. The number of carbonyl (C=O) groups excluding carboxylic acids is 2. The van der Waals surface area contributed by atoms with Gasteiger partial charge >= 0.3 is 0 Å². The van der Waals surface area contributed by atoms with Gasteiger partial charge in [-0.05, 0) is 56.0 Å². The summed E-state index contributed by atoms with van der Waals surface area (Å²) in [6, 6.07) is 5.02. The van der Waals surface area contributed by atoms with Gasteiger partial charge in [0.1, 0.15) is 0 Å². The standard InChI is InChI=1S/C17H24ClN3O2/c1-11(13-5-7-19-8-6-13)9-17(23)21-16-10-14(18)3-4-15(16)20-12(2)22/h3-4,10-11,13,19H,5-9H2,1-2H3,(H,20,22)(H,21,23). The fraction of sp³-hybridized carbons (Fsp3) is 0.529. The molecule has 0 spiro atoms. The van der Waals surface area contributed by atoms with Crippen molar-refractivity contribution >= 4 is 34.8 Å². The monoisotopic (exact) mass is 337 g/mol. The summed E-state index contributed by atoms with van der Waals surface area (Å²) in [4.78, 5) is 23.6. The Morgan fingerprint density at radius 1 is 1.26 bits per heavy atom. The van der Waals surface area contributed by atoms with Crippen molar-refractivity contribution in [3.05, 3.63) is 23.2 Å². The molecule has 1 heterocycles. The molecule has 1 aromatic rings. The highest BCUT2D eigenvalue weighted by Crippen LogP contribution is 2.28. The second-order valence-corrected chi connectivity index (χ2v) is 6.62. The van der Waals surface area contributed by atoms with Gasteiger partial charge in [0.15, 0.2) is 0 Å². The Balaban J connectivity index is 1.98. The van der Waals surface area contributed by atoms with Gasteiger partial charge in [-0.1, -0.05) is 18.5 Å². The van der Waals surface area contributed by atoms with Crippen molar-refractivity contribution in [1.82, 2.24) is 5.32 Å². The summed E-state index contributed by atoms with van der Waals surface area (Å²) >= 11 is 5.99. The molecule has 0 bridgehead atoms. The van der Waals surface area contributed by atoms with Crippen LogP contribution in [0.25, 0.3) is 0 Å². The number of anilines is 2. The van der Waals surface area contributed by atoms with Gasteiger partial charge in [0.25, 0.3) is 0 Å². The van der Waals surface area contributed by atoms with E-state index in [-0.39, 0.29) is 11.8 Å². The number of hydrogen-bond donors (Lipinski definition) is 3. The van der Waals surface area contributed by atoms with Gasteiger partial charge in [0, 0.05) is 18.4 Å². The smallest absolute Gasteiger partial charge is 0.224 e. The van der Waals surface area contributed by atoms with Crippen LogP contribution < -0.4 is 16.0 Å². The van der Waals surface area contributed by atoms with Crippen LogP contribution in [-0.2, 0) is 9.59 Å². The van der Waals surface area contributed by atoms with Crippen LogP contribution >= 0.6 is 11.6 Å². The van der Waals surface area contributed by atoms with E-state index in [0.29, 0.717) is 34.7 Å². The number of carbonyl (C=O) groups is 2. The summed E-state index contributed by atoms with van der Waals surface area (Å²) in [7, 11) is 0. The van der Waals surface area contributed by atoms with Gasteiger partial charge in [-0.25, -0.2) is 0 Å². The van der Waals surface area contributed by atoms with E-state index in [9.17, 15) is 9.59 Å². The number of hydrogen-bond acceptors (Lipinski definition) is 3. The van der Waals surface area contributed by atoms with E-state index < -0.39 is 0 Å². The highest BCUT2D eigenvalue weighted by atomic mass is 35.5. The summed E-state index contributed by atoms with van der Waals surface area (Å²) < 4.78 is 0. The van der Waals surface area contributed by atoms with Gasteiger partial charge in [-0.2, -0.15) is 0 Å². The fourth-order valence-electron chi connectivity index (χ4n) is 2.99. The molecule has 0 aliphatic carbocycles. The number of benzene rings is 1. The molecule has 1 saturated heterocycles. The molecule has 0 aromatic heterocycles. The fourth-order valence-corrected chi connectivity index (χ4v) is 3.16. The second kappa shape index (κ2) is 8.31. The maximum absolute atomic E-state index is 12.3. The molecule has 0 saturated carbocycles. The van der Waals surface area contributed by atoms with Crippen molar-refractivity contribution < 1.29 is 9.59 Å². The molecule has 5 nitrogen and oxygen atoms in total. The lowest BCUT2D eigenvalue weighted by Gasteiger charge is -2.28. The van der Waals surface area contributed by atoms with E-state index in [1.165, 1.54) is 6.92 Å². The Hall–Kier alpha value is -1.59.